The van der Waals surface area contributed by atoms with Gasteiger partial charge in [-0.15, -0.1) is 0 Å². The number of carbonyl (C=O) groups excluding carboxylic acids is 2. The summed E-state index contributed by atoms with van der Waals surface area (Å²) in [6, 6.07) is 13.5. The molecule has 3 aromatic rings. The van der Waals surface area contributed by atoms with Crippen LogP contribution in [0, 0.1) is 5.41 Å². The zero-order valence-corrected chi connectivity index (χ0v) is 17.1. The largest absolute Gasteiger partial charge is 0.326 e. The summed E-state index contributed by atoms with van der Waals surface area (Å²) in [5.41, 5.74) is 2.39. The van der Waals surface area contributed by atoms with E-state index in [1.54, 1.807) is 48.1 Å². The summed E-state index contributed by atoms with van der Waals surface area (Å²) in [5, 5.41) is 16.1. The molecule has 0 unspecified atom stereocenters. The number of hydroxylamine groups is 1. The topological polar surface area (TPSA) is 112 Å². The van der Waals surface area contributed by atoms with Crippen LogP contribution >= 0.6 is 0 Å². The standard InChI is InChI=1S/C23H24N4O4/c1-23(9-11-24-12-10-23)22(30)25-17-4-6-18(7-5-17)27-13-8-15-2-3-16(20(28)26-31)14-19(15)21(27)29/h2-8,13-14,24,31H,9-12H2,1H3,(H,25,30)(H,26,28). The summed E-state index contributed by atoms with van der Waals surface area (Å²) in [6.07, 6.45) is 3.25. The highest BCUT2D eigenvalue weighted by atomic mass is 16.5. The van der Waals surface area contributed by atoms with Gasteiger partial charge in [-0.3, -0.25) is 24.2 Å². The molecule has 0 radical (unpaired) electrons. The molecule has 2 heterocycles. The number of nitrogens with one attached hydrogen (secondary N) is 3. The number of amides is 2. The van der Waals surface area contributed by atoms with E-state index >= 15 is 0 Å². The SMILES string of the molecule is CC1(C(=O)Nc2ccc(-n3ccc4ccc(C(=O)NO)cc4c3=O)cc2)CCNCC1. The molecule has 4 rings (SSSR count). The summed E-state index contributed by atoms with van der Waals surface area (Å²) in [4.78, 5) is 37.4. The molecule has 2 aromatic carbocycles. The molecular weight excluding hydrogens is 396 g/mol. The van der Waals surface area contributed by atoms with Crippen LogP contribution in [-0.2, 0) is 4.79 Å². The first kappa shape index (κ1) is 20.8. The van der Waals surface area contributed by atoms with Gasteiger partial charge in [-0.05, 0) is 73.8 Å². The average Bonchev–Trinajstić information content (AvgIpc) is 2.80. The van der Waals surface area contributed by atoms with Crippen LogP contribution < -0.4 is 21.7 Å². The molecule has 1 aliphatic heterocycles. The Morgan fingerprint density at radius 2 is 1.77 bits per heavy atom. The van der Waals surface area contributed by atoms with Gasteiger partial charge in [0.25, 0.3) is 11.5 Å². The Labute approximate surface area is 178 Å². The first-order valence-corrected chi connectivity index (χ1v) is 10.1. The quantitative estimate of drug-likeness (QED) is 0.383. The lowest BCUT2D eigenvalue weighted by Gasteiger charge is -2.32. The zero-order valence-electron chi connectivity index (χ0n) is 17.1. The van der Waals surface area contributed by atoms with Gasteiger partial charge in [0.05, 0.1) is 0 Å². The van der Waals surface area contributed by atoms with Gasteiger partial charge in [-0.25, -0.2) is 5.48 Å². The third kappa shape index (κ3) is 4.08. The third-order valence-electron chi connectivity index (χ3n) is 5.93. The number of rotatable bonds is 4. The second-order valence-electron chi connectivity index (χ2n) is 8.05. The van der Waals surface area contributed by atoms with E-state index < -0.39 is 11.3 Å². The lowest BCUT2D eigenvalue weighted by molar-refractivity contribution is -0.126. The highest BCUT2D eigenvalue weighted by Gasteiger charge is 2.34. The van der Waals surface area contributed by atoms with Crippen molar-refractivity contribution in [3.8, 4) is 5.69 Å². The van der Waals surface area contributed by atoms with Crippen molar-refractivity contribution < 1.29 is 14.8 Å². The Morgan fingerprint density at radius 3 is 2.45 bits per heavy atom. The fourth-order valence-electron chi connectivity index (χ4n) is 3.84. The van der Waals surface area contributed by atoms with Crippen molar-refractivity contribution in [2.24, 2.45) is 5.41 Å². The number of pyridine rings is 1. The maximum absolute atomic E-state index is 13.0. The lowest BCUT2D eigenvalue weighted by atomic mass is 9.80. The van der Waals surface area contributed by atoms with Gasteiger partial charge in [0.15, 0.2) is 0 Å². The maximum atomic E-state index is 13.0. The number of benzene rings is 2. The minimum Gasteiger partial charge on any atom is -0.326 e. The number of aromatic nitrogens is 1. The Bertz CT molecular complexity index is 1190. The predicted octanol–water partition coefficient (Wildman–Crippen LogP) is 2.44. The highest BCUT2D eigenvalue weighted by Crippen LogP contribution is 2.29. The molecule has 0 atom stereocenters. The Balaban J connectivity index is 1.60. The van der Waals surface area contributed by atoms with Crippen molar-refractivity contribution >= 4 is 28.3 Å². The van der Waals surface area contributed by atoms with E-state index in [1.807, 2.05) is 6.92 Å². The van der Waals surface area contributed by atoms with Gasteiger partial charge in [0, 0.05) is 33.9 Å². The normalized spacial score (nSPS) is 15.4. The number of nitrogens with zero attached hydrogens (tertiary/aromatic N) is 1. The van der Waals surface area contributed by atoms with Crippen LogP contribution in [0.2, 0.25) is 0 Å². The van der Waals surface area contributed by atoms with Crippen molar-refractivity contribution in [1.29, 1.82) is 0 Å². The molecule has 0 saturated carbocycles. The van der Waals surface area contributed by atoms with E-state index in [1.165, 1.54) is 16.7 Å². The summed E-state index contributed by atoms with van der Waals surface area (Å²) in [7, 11) is 0. The van der Waals surface area contributed by atoms with Crippen LogP contribution in [0.15, 0.2) is 59.5 Å². The van der Waals surface area contributed by atoms with Crippen LogP contribution in [0.4, 0.5) is 5.69 Å². The van der Waals surface area contributed by atoms with Crippen LogP contribution in [0.25, 0.3) is 16.5 Å². The summed E-state index contributed by atoms with van der Waals surface area (Å²) >= 11 is 0. The second kappa shape index (κ2) is 8.33. The first-order valence-electron chi connectivity index (χ1n) is 10.1. The first-order chi connectivity index (χ1) is 14.9. The van der Waals surface area contributed by atoms with Gasteiger partial charge in [0.1, 0.15) is 0 Å². The van der Waals surface area contributed by atoms with Gasteiger partial charge in [0.2, 0.25) is 5.91 Å². The molecule has 2 amide bonds. The molecule has 31 heavy (non-hydrogen) atoms. The Morgan fingerprint density at radius 1 is 1.06 bits per heavy atom. The van der Waals surface area contributed by atoms with Crippen molar-refractivity contribution in [1.82, 2.24) is 15.4 Å². The molecule has 4 N–H and O–H groups in total. The van der Waals surface area contributed by atoms with E-state index in [0.717, 1.165) is 25.9 Å². The molecule has 160 valence electrons. The zero-order chi connectivity index (χ0) is 22.0. The molecule has 1 saturated heterocycles. The minimum atomic E-state index is -0.681. The molecule has 0 aliphatic carbocycles. The molecule has 8 nitrogen and oxygen atoms in total. The van der Waals surface area contributed by atoms with Crippen molar-refractivity contribution in [2.75, 3.05) is 18.4 Å². The second-order valence-corrected chi connectivity index (χ2v) is 8.05. The highest BCUT2D eigenvalue weighted by molar-refractivity contribution is 5.98. The molecule has 0 spiro atoms. The fraction of sp³-hybridized carbons (Fsp3) is 0.261. The fourth-order valence-corrected chi connectivity index (χ4v) is 3.84. The molecule has 1 aromatic heterocycles. The van der Waals surface area contributed by atoms with Crippen molar-refractivity contribution in [2.45, 2.75) is 19.8 Å². The predicted molar refractivity (Wildman–Crippen MR) is 118 cm³/mol. The number of piperidine rings is 1. The summed E-state index contributed by atoms with van der Waals surface area (Å²) in [5.74, 6) is -0.682. The summed E-state index contributed by atoms with van der Waals surface area (Å²) < 4.78 is 1.47. The molecule has 1 aliphatic rings. The van der Waals surface area contributed by atoms with Gasteiger partial charge < -0.3 is 10.6 Å². The van der Waals surface area contributed by atoms with Crippen LogP contribution in [0.5, 0.6) is 0 Å². The number of carbonyl (C=O) groups is 2. The number of hydrogen-bond donors (Lipinski definition) is 4. The van der Waals surface area contributed by atoms with Crippen LogP contribution in [-0.4, -0.2) is 34.7 Å². The van der Waals surface area contributed by atoms with Gasteiger partial charge in [-0.1, -0.05) is 13.0 Å². The van der Waals surface area contributed by atoms with Gasteiger partial charge in [-0.2, -0.15) is 0 Å². The van der Waals surface area contributed by atoms with Crippen molar-refractivity contribution in [3.63, 3.8) is 0 Å². The smallest absolute Gasteiger partial charge is 0.274 e. The van der Waals surface area contributed by atoms with E-state index in [4.69, 9.17) is 5.21 Å². The van der Waals surface area contributed by atoms with Crippen LogP contribution in [0.3, 0.4) is 0 Å². The molecule has 0 bridgehead atoms. The minimum absolute atomic E-state index is 0.000638. The summed E-state index contributed by atoms with van der Waals surface area (Å²) in [6.45, 7) is 3.64. The Kier molecular flexibility index (Phi) is 5.58. The Hall–Kier alpha value is -3.49. The average molecular weight is 420 g/mol. The molecule has 8 heteroatoms. The third-order valence-corrected chi connectivity index (χ3v) is 5.93. The number of fused-ring (bicyclic) bond motifs is 1. The molecular formula is C23H24N4O4. The van der Waals surface area contributed by atoms with E-state index in [2.05, 4.69) is 10.6 Å². The number of hydrogen-bond acceptors (Lipinski definition) is 5. The van der Waals surface area contributed by atoms with E-state index in [0.29, 0.717) is 22.1 Å². The van der Waals surface area contributed by atoms with Gasteiger partial charge >= 0.3 is 0 Å². The monoisotopic (exact) mass is 420 g/mol. The molecule has 1 fully saturated rings. The maximum Gasteiger partial charge on any atom is 0.274 e. The van der Waals surface area contributed by atoms with Crippen molar-refractivity contribution in [3.05, 3.63) is 70.6 Å². The lowest BCUT2D eigenvalue weighted by Crippen LogP contribution is -2.42. The van der Waals surface area contributed by atoms with Crippen LogP contribution in [0.1, 0.15) is 30.1 Å². The van der Waals surface area contributed by atoms with E-state index in [-0.39, 0.29) is 17.0 Å². The number of anilines is 1. The van der Waals surface area contributed by atoms with E-state index in [9.17, 15) is 14.4 Å².